The Bertz CT molecular complexity index is 488. The third-order valence-electron chi connectivity index (χ3n) is 3.75. The quantitative estimate of drug-likeness (QED) is 0.669. The second-order valence-electron chi connectivity index (χ2n) is 5.48. The Morgan fingerprint density at radius 1 is 1.50 bits per heavy atom. The standard InChI is InChI=1S/C15H23N3O2/c1-17(2)10-11-6-5-9-18(11)13-8-4-7-12(14(13)16)15(19)20-3/h4,7-8,11H,5-6,9-10,16H2,1-3H3. The number of carbonyl (C=O) groups excluding carboxylic acids is 1. The SMILES string of the molecule is COC(=O)c1cccc(N2CCCC2CN(C)C)c1N. The van der Waals surface area contributed by atoms with E-state index in [9.17, 15) is 4.79 Å². The molecule has 0 amide bonds. The van der Waals surface area contributed by atoms with E-state index in [1.165, 1.54) is 7.11 Å². The second-order valence-corrected chi connectivity index (χ2v) is 5.48. The predicted octanol–water partition coefficient (Wildman–Crippen LogP) is 1.59. The zero-order chi connectivity index (χ0) is 14.7. The summed E-state index contributed by atoms with van der Waals surface area (Å²) in [5.41, 5.74) is 8.08. The first-order valence-electron chi connectivity index (χ1n) is 6.92. The normalized spacial score (nSPS) is 18.6. The van der Waals surface area contributed by atoms with Crippen molar-refractivity contribution in [3.63, 3.8) is 0 Å². The van der Waals surface area contributed by atoms with Crippen molar-refractivity contribution in [1.82, 2.24) is 4.90 Å². The molecule has 1 saturated heterocycles. The van der Waals surface area contributed by atoms with E-state index in [0.29, 0.717) is 17.3 Å². The van der Waals surface area contributed by atoms with E-state index >= 15 is 0 Å². The van der Waals surface area contributed by atoms with Crippen molar-refractivity contribution in [3.8, 4) is 0 Å². The molecule has 0 radical (unpaired) electrons. The van der Waals surface area contributed by atoms with Crippen LogP contribution in [0.4, 0.5) is 11.4 Å². The van der Waals surface area contributed by atoms with Crippen molar-refractivity contribution in [1.29, 1.82) is 0 Å². The van der Waals surface area contributed by atoms with Crippen LogP contribution in [-0.2, 0) is 4.74 Å². The van der Waals surface area contributed by atoms with Crippen LogP contribution in [0.25, 0.3) is 0 Å². The number of methoxy groups -OCH3 is 1. The number of rotatable bonds is 4. The van der Waals surface area contributed by atoms with Crippen LogP contribution in [0.3, 0.4) is 0 Å². The summed E-state index contributed by atoms with van der Waals surface area (Å²) in [4.78, 5) is 16.2. The van der Waals surface area contributed by atoms with Gasteiger partial charge in [-0.05, 0) is 39.1 Å². The van der Waals surface area contributed by atoms with E-state index in [0.717, 1.165) is 31.6 Å². The highest BCUT2D eigenvalue weighted by molar-refractivity contribution is 5.98. The van der Waals surface area contributed by atoms with Crippen LogP contribution in [0.1, 0.15) is 23.2 Å². The third-order valence-corrected chi connectivity index (χ3v) is 3.75. The van der Waals surface area contributed by atoms with E-state index in [1.54, 1.807) is 6.07 Å². The summed E-state index contributed by atoms with van der Waals surface area (Å²) in [6.07, 6.45) is 2.31. The monoisotopic (exact) mass is 277 g/mol. The van der Waals surface area contributed by atoms with Crippen LogP contribution in [0.15, 0.2) is 18.2 Å². The molecule has 1 aromatic rings. The third kappa shape index (κ3) is 2.88. The molecule has 0 saturated carbocycles. The number of nitrogens with two attached hydrogens (primary N) is 1. The lowest BCUT2D eigenvalue weighted by Crippen LogP contribution is -2.38. The minimum absolute atomic E-state index is 0.382. The van der Waals surface area contributed by atoms with Gasteiger partial charge in [-0.3, -0.25) is 0 Å². The molecule has 1 unspecified atom stereocenters. The Morgan fingerprint density at radius 2 is 2.25 bits per heavy atom. The van der Waals surface area contributed by atoms with Gasteiger partial charge in [-0.1, -0.05) is 6.07 Å². The molecule has 2 N–H and O–H groups in total. The van der Waals surface area contributed by atoms with Gasteiger partial charge in [0.25, 0.3) is 0 Å². The molecule has 1 heterocycles. The summed E-state index contributed by atoms with van der Waals surface area (Å²) < 4.78 is 4.78. The van der Waals surface area contributed by atoms with Gasteiger partial charge in [-0.2, -0.15) is 0 Å². The van der Waals surface area contributed by atoms with Crippen molar-refractivity contribution >= 4 is 17.3 Å². The van der Waals surface area contributed by atoms with E-state index < -0.39 is 0 Å². The molecule has 1 aliphatic heterocycles. The Morgan fingerprint density at radius 3 is 2.90 bits per heavy atom. The summed E-state index contributed by atoms with van der Waals surface area (Å²) in [6, 6.07) is 6.00. The number of nitrogen functional groups attached to an aromatic ring is 1. The number of carbonyl (C=O) groups is 1. The number of likely N-dealkylation sites (N-methyl/N-ethyl adjacent to an activating group) is 1. The Balaban J connectivity index is 2.30. The summed E-state index contributed by atoms with van der Waals surface area (Å²) in [6.45, 7) is 1.97. The van der Waals surface area contributed by atoms with Crippen LogP contribution in [0, 0.1) is 0 Å². The van der Waals surface area contributed by atoms with Gasteiger partial charge in [0.15, 0.2) is 0 Å². The molecular formula is C15H23N3O2. The topological polar surface area (TPSA) is 58.8 Å². The smallest absolute Gasteiger partial charge is 0.340 e. The molecule has 2 rings (SSSR count). The number of para-hydroxylation sites is 1. The Labute approximate surface area is 120 Å². The summed E-state index contributed by atoms with van der Waals surface area (Å²) in [5, 5.41) is 0. The van der Waals surface area contributed by atoms with E-state index in [4.69, 9.17) is 10.5 Å². The van der Waals surface area contributed by atoms with Crippen LogP contribution in [0.5, 0.6) is 0 Å². The number of esters is 1. The molecule has 1 fully saturated rings. The highest BCUT2D eigenvalue weighted by Crippen LogP contribution is 2.32. The maximum Gasteiger partial charge on any atom is 0.340 e. The fourth-order valence-corrected chi connectivity index (χ4v) is 2.86. The van der Waals surface area contributed by atoms with E-state index in [-0.39, 0.29) is 5.97 Å². The summed E-state index contributed by atoms with van der Waals surface area (Å²) >= 11 is 0. The maximum absolute atomic E-state index is 11.7. The van der Waals surface area contributed by atoms with Crippen molar-refractivity contribution in [3.05, 3.63) is 23.8 Å². The number of hydrogen-bond donors (Lipinski definition) is 1. The number of benzene rings is 1. The molecule has 0 spiro atoms. The highest BCUT2D eigenvalue weighted by atomic mass is 16.5. The Kier molecular flexibility index (Phi) is 4.49. The van der Waals surface area contributed by atoms with Crippen LogP contribution >= 0.6 is 0 Å². The summed E-state index contributed by atoms with van der Waals surface area (Å²) in [5.74, 6) is -0.382. The average Bonchev–Trinajstić information content (AvgIpc) is 2.85. The largest absolute Gasteiger partial charge is 0.465 e. The average molecular weight is 277 g/mol. The van der Waals surface area contributed by atoms with Gasteiger partial charge in [0, 0.05) is 19.1 Å². The number of anilines is 2. The molecule has 1 aliphatic rings. The first kappa shape index (κ1) is 14.7. The van der Waals surface area contributed by atoms with Gasteiger partial charge < -0.3 is 20.3 Å². The van der Waals surface area contributed by atoms with Gasteiger partial charge in [-0.25, -0.2) is 4.79 Å². The first-order valence-corrected chi connectivity index (χ1v) is 6.92. The fourth-order valence-electron chi connectivity index (χ4n) is 2.86. The van der Waals surface area contributed by atoms with Crippen LogP contribution < -0.4 is 10.6 Å². The molecule has 0 aliphatic carbocycles. The second kappa shape index (κ2) is 6.13. The first-order chi connectivity index (χ1) is 9.54. The van der Waals surface area contributed by atoms with Crippen molar-refractivity contribution in [2.75, 3.05) is 44.9 Å². The molecular weight excluding hydrogens is 254 g/mol. The summed E-state index contributed by atoms with van der Waals surface area (Å²) in [7, 11) is 5.52. The van der Waals surface area contributed by atoms with Gasteiger partial charge in [0.1, 0.15) is 0 Å². The van der Waals surface area contributed by atoms with E-state index in [2.05, 4.69) is 23.9 Å². The predicted molar refractivity (Wildman–Crippen MR) is 81.1 cm³/mol. The molecule has 20 heavy (non-hydrogen) atoms. The van der Waals surface area contributed by atoms with Crippen LogP contribution in [-0.4, -0.2) is 51.2 Å². The maximum atomic E-state index is 11.7. The van der Waals surface area contributed by atoms with Gasteiger partial charge in [-0.15, -0.1) is 0 Å². The molecule has 110 valence electrons. The fraction of sp³-hybridized carbons (Fsp3) is 0.533. The van der Waals surface area contributed by atoms with Crippen molar-refractivity contribution in [2.24, 2.45) is 0 Å². The molecule has 0 aromatic heterocycles. The van der Waals surface area contributed by atoms with Gasteiger partial charge in [0.05, 0.1) is 24.0 Å². The highest BCUT2D eigenvalue weighted by Gasteiger charge is 2.27. The molecule has 1 atom stereocenters. The lowest BCUT2D eigenvalue weighted by molar-refractivity contribution is 0.0602. The van der Waals surface area contributed by atoms with Gasteiger partial charge in [0.2, 0.25) is 0 Å². The zero-order valence-electron chi connectivity index (χ0n) is 12.4. The van der Waals surface area contributed by atoms with Crippen molar-refractivity contribution < 1.29 is 9.53 Å². The molecule has 5 heteroatoms. The number of hydrogen-bond acceptors (Lipinski definition) is 5. The number of ether oxygens (including phenoxy) is 1. The minimum Gasteiger partial charge on any atom is -0.465 e. The van der Waals surface area contributed by atoms with Crippen molar-refractivity contribution in [2.45, 2.75) is 18.9 Å². The minimum atomic E-state index is -0.382. The molecule has 1 aromatic carbocycles. The zero-order valence-corrected chi connectivity index (χ0v) is 12.4. The van der Waals surface area contributed by atoms with Crippen LogP contribution in [0.2, 0.25) is 0 Å². The number of nitrogens with zero attached hydrogens (tertiary/aromatic N) is 2. The van der Waals surface area contributed by atoms with Gasteiger partial charge >= 0.3 is 5.97 Å². The molecule has 5 nitrogen and oxygen atoms in total. The molecule has 0 bridgehead atoms. The lowest BCUT2D eigenvalue weighted by atomic mass is 10.1. The van der Waals surface area contributed by atoms with E-state index in [1.807, 2.05) is 12.1 Å². The lowest BCUT2D eigenvalue weighted by Gasteiger charge is -2.30. The Hall–Kier alpha value is -1.75.